The van der Waals surface area contributed by atoms with E-state index in [1.165, 1.54) is 12.1 Å². The second kappa shape index (κ2) is 10.8. The van der Waals surface area contributed by atoms with Crippen molar-refractivity contribution in [2.45, 2.75) is 58.6 Å². The summed E-state index contributed by atoms with van der Waals surface area (Å²) in [4.78, 5) is 37.2. The molecule has 1 aliphatic rings. The molecule has 1 heterocycles. The third kappa shape index (κ3) is 7.04. The predicted molar refractivity (Wildman–Crippen MR) is 128 cm³/mol. The van der Waals surface area contributed by atoms with Crippen molar-refractivity contribution < 1.29 is 23.7 Å². The van der Waals surface area contributed by atoms with Gasteiger partial charge in [0.05, 0.1) is 16.2 Å². The summed E-state index contributed by atoms with van der Waals surface area (Å²) in [7, 11) is -0.705. The number of esters is 1. The van der Waals surface area contributed by atoms with E-state index in [1.54, 1.807) is 28.8 Å². The monoisotopic (exact) mass is 482 g/mol. The highest BCUT2D eigenvalue weighted by atomic mass is 32.2. The normalized spacial score (nSPS) is 19.3. The van der Waals surface area contributed by atoms with E-state index in [4.69, 9.17) is 9.16 Å². The van der Waals surface area contributed by atoms with Crippen molar-refractivity contribution in [1.82, 2.24) is 4.90 Å². The molecule has 1 aromatic carbocycles. The molecular formula is C22H34N2O6SSi. The lowest BCUT2D eigenvalue weighted by molar-refractivity contribution is -0.384. The summed E-state index contributed by atoms with van der Waals surface area (Å²) in [6.45, 7) is 13.1. The maximum atomic E-state index is 13.0. The third-order valence-electron chi connectivity index (χ3n) is 5.18. The number of rotatable bonds is 11. The summed E-state index contributed by atoms with van der Waals surface area (Å²) in [6, 6.07) is 5.84. The van der Waals surface area contributed by atoms with Crippen molar-refractivity contribution in [3.05, 3.63) is 39.9 Å². The molecule has 0 radical (unpaired) electrons. The van der Waals surface area contributed by atoms with Crippen molar-refractivity contribution in [2.75, 3.05) is 18.9 Å². The summed E-state index contributed by atoms with van der Waals surface area (Å²) in [5.41, 5.74) is 0.312. The number of thioether (sulfide) groups is 1. The van der Waals surface area contributed by atoms with E-state index in [2.05, 4.69) is 34.6 Å². The molecule has 178 valence electrons. The maximum Gasteiger partial charge on any atom is 0.326 e. The van der Waals surface area contributed by atoms with Gasteiger partial charge in [-0.3, -0.25) is 19.7 Å². The summed E-state index contributed by atoms with van der Waals surface area (Å²) in [5, 5.41) is 10.8. The highest BCUT2D eigenvalue weighted by molar-refractivity contribution is 7.99. The molecule has 2 atom stereocenters. The van der Waals surface area contributed by atoms with Crippen LogP contribution in [0.25, 0.3) is 0 Å². The van der Waals surface area contributed by atoms with E-state index in [-0.39, 0.29) is 46.5 Å². The van der Waals surface area contributed by atoms with Gasteiger partial charge in [0.1, 0.15) is 13.2 Å². The molecule has 8 nitrogen and oxygen atoms in total. The first-order valence-electron chi connectivity index (χ1n) is 10.7. The lowest BCUT2D eigenvalue weighted by Gasteiger charge is -2.52. The van der Waals surface area contributed by atoms with Crippen LogP contribution < -0.4 is 0 Å². The fourth-order valence-electron chi connectivity index (χ4n) is 3.54. The number of hydrogen-bond donors (Lipinski definition) is 0. The Bertz CT molecular complexity index is 825. The first-order chi connectivity index (χ1) is 14.9. The molecule has 0 spiro atoms. The number of hydrogen-bond acceptors (Lipinski definition) is 7. The van der Waals surface area contributed by atoms with E-state index >= 15 is 0 Å². The number of amides is 1. The number of carbonyl (C=O) groups excluding carboxylic acids is 2. The Morgan fingerprint density at radius 2 is 1.84 bits per heavy atom. The molecule has 2 rings (SSSR count). The Balaban J connectivity index is 1.92. The van der Waals surface area contributed by atoms with Crippen molar-refractivity contribution in [3.63, 3.8) is 0 Å². The second-order valence-electron chi connectivity index (χ2n) is 9.92. The first-order valence-corrected chi connectivity index (χ1v) is 13.1. The minimum absolute atomic E-state index is 0.00460. The van der Waals surface area contributed by atoms with E-state index in [1.807, 2.05) is 6.92 Å². The van der Waals surface area contributed by atoms with Crippen LogP contribution in [0.5, 0.6) is 0 Å². The van der Waals surface area contributed by atoms with E-state index in [0.29, 0.717) is 12.2 Å². The summed E-state index contributed by atoms with van der Waals surface area (Å²) < 4.78 is 11.3. The molecule has 0 bridgehead atoms. The van der Waals surface area contributed by atoms with Gasteiger partial charge < -0.3 is 14.1 Å². The van der Waals surface area contributed by atoms with E-state index in [9.17, 15) is 19.7 Å². The molecule has 0 aromatic heterocycles. The Hall–Kier alpha value is -1.91. The standard InChI is InChI=1S/C22H34N2O6SSi/c1-7-31-20-18(22(5,6)14-30-32-21(2,3)4)19(26)23(20)12-17(25)29-13-15-8-10-16(11-9-15)24(27)28/h8-11,18,20H,7,12-14,32H2,1-6H3. The Morgan fingerprint density at radius 1 is 1.22 bits per heavy atom. The van der Waals surface area contributed by atoms with E-state index in [0.717, 1.165) is 5.75 Å². The molecule has 0 N–H and O–H groups in total. The summed E-state index contributed by atoms with van der Waals surface area (Å²) in [6.07, 6.45) is 0. The van der Waals surface area contributed by atoms with Gasteiger partial charge in [-0.15, -0.1) is 11.8 Å². The van der Waals surface area contributed by atoms with Crippen LogP contribution in [0.1, 0.15) is 47.1 Å². The number of nitro benzene ring substituents is 1. The molecule has 32 heavy (non-hydrogen) atoms. The fraction of sp³-hybridized carbons (Fsp3) is 0.636. The summed E-state index contributed by atoms with van der Waals surface area (Å²) in [5.74, 6) is 0.0837. The fourth-order valence-corrected chi connectivity index (χ4v) is 6.16. The van der Waals surface area contributed by atoms with Gasteiger partial charge in [-0.2, -0.15) is 0 Å². The molecule has 0 aliphatic carbocycles. The van der Waals surface area contributed by atoms with Crippen LogP contribution in [-0.2, 0) is 25.4 Å². The third-order valence-corrected chi connectivity index (χ3v) is 7.65. The van der Waals surface area contributed by atoms with Crippen LogP contribution in [0.4, 0.5) is 5.69 Å². The first kappa shape index (κ1) is 26.3. The quantitative estimate of drug-likeness (QED) is 0.156. The van der Waals surface area contributed by atoms with Crippen LogP contribution >= 0.6 is 11.8 Å². The molecule has 1 aromatic rings. The average Bonchev–Trinajstić information content (AvgIpc) is 2.69. The Morgan fingerprint density at radius 3 is 2.38 bits per heavy atom. The van der Waals surface area contributed by atoms with Crippen molar-refractivity contribution in [3.8, 4) is 0 Å². The lowest BCUT2D eigenvalue weighted by atomic mass is 9.74. The zero-order valence-corrected chi connectivity index (χ0v) is 22.0. The molecule has 1 fully saturated rings. The Kier molecular flexibility index (Phi) is 8.89. The number of β-lactam (4-membered cyclic amide) rings is 1. The van der Waals surface area contributed by atoms with Gasteiger partial charge in [-0.25, -0.2) is 0 Å². The van der Waals surface area contributed by atoms with Crippen LogP contribution in [0.2, 0.25) is 5.04 Å². The molecular weight excluding hydrogens is 448 g/mol. The van der Waals surface area contributed by atoms with Gasteiger partial charge in [0, 0.05) is 24.2 Å². The van der Waals surface area contributed by atoms with Gasteiger partial charge in [0.2, 0.25) is 5.91 Å². The summed E-state index contributed by atoms with van der Waals surface area (Å²) >= 11 is 1.65. The minimum Gasteiger partial charge on any atom is -0.459 e. The molecule has 0 saturated carbocycles. The number of benzene rings is 1. The van der Waals surface area contributed by atoms with Crippen molar-refractivity contribution in [1.29, 1.82) is 0 Å². The molecule has 1 saturated heterocycles. The topological polar surface area (TPSA) is 99.0 Å². The number of non-ortho nitro benzene ring substituents is 1. The maximum absolute atomic E-state index is 13.0. The largest absolute Gasteiger partial charge is 0.459 e. The number of likely N-dealkylation sites (tertiary alicyclic amines) is 1. The van der Waals surface area contributed by atoms with Crippen LogP contribution in [0.3, 0.4) is 0 Å². The zero-order valence-electron chi connectivity index (χ0n) is 19.8. The lowest BCUT2D eigenvalue weighted by Crippen LogP contribution is -2.65. The Labute approximate surface area is 196 Å². The van der Waals surface area contributed by atoms with Gasteiger partial charge in [0.15, 0.2) is 9.76 Å². The highest BCUT2D eigenvalue weighted by Gasteiger charge is 2.55. The predicted octanol–water partition coefficient (Wildman–Crippen LogP) is 3.52. The van der Waals surface area contributed by atoms with Crippen molar-refractivity contribution >= 4 is 39.1 Å². The van der Waals surface area contributed by atoms with Gasteiger partial charge in [-0.1, -0.05) is 41.5 Å². The molecule has 2 unspecified atom stereocenters. The number of nitrogens with zero attached hydrogens (tertiary/aromatic N) is 2. The van der Waals surface area contributed by atoms with E-state index < -0.39 is 20.7 Å². The number of nitro groups is 1. The smallest absolute Gasteiger partial charge is 0.326 e. The number of carbonyl (C=O) groups is 2. The van der Waals surface area contributed by atoms with Gasteiger partial charge in [-0.05, 0) is 28.5 Å². The van der Waals surface area contributed by atoms with Crippen molar-refractivity contribution in [2.24, 2.45) is 11.3 Å². The van der Waals surface area contributed by atoms with Crippen LogP contribution in [-0.4, -0.2) is 55.7 Å². The zero-order chi connectivity index (χ0) is 24.1. The molecule has 1 amide bonds. The molecule has 1 aliphatic heterocycles. The number of ether oxygens (including phenoxy) is 1. The van der Waals surface area contributed by atoms with Gasteiger partial charge >= 0.3 is 5.97 Å². The van der Waals surface area contributed by atoms with Crippen LogP contribution in [0, 0.1) is 21.4 Å². The van der Waals surface area contributed by atoms with Gasteiger partial charge in [0.25, 0.3) is 5.69 Å². The second-order valence-corrected chi connectivity index (χ2v) is 14.1. The SMILES string of the molecule is CCSC1C(C(C)(C)CO[SiH2]C(C)(C)C)C(=O)N1CC(=O)OCc1ccc([N+](=O)[O-])cc1. The average molecular weight is 483 g/mol. The minimum atomic E-state index is -0.705. The highest BCUT2D eigenvalue weighted by Crippen LogP contribution is 2.45. The van der Waals surface area contributed by atoms with Crippen LogP contribution in [0.15, 0.2) is 24.3 Å². The molecule has 10 heteroatoms.